The Morgan fingerprint density at radius 2 is 1.82 bits per heavy atom. The van der Waals surface area contributed by atoms with Crippen LogP contribution in [0.15, 0.2) is 73.3 Å². The van der Waals surface area contributed by atoms with Gasteiger partial charge in [-0.2, -0.15) is 15.0 Å². The highest BCUT2D eigenvalue weighted by atomic mass is 16.5. The number of amides is 1. The molecule has 0 spiro atoms. The van der Waals surface area contributed by atoms with Gasteiger partial charge in [0.25, 0.3) is 5.91 Å². The van der Waals surface area contributed by atoms with Gasteiger partial charge in [0.1, 0.15) is 0 Å². The maximum Gasteiger partial charge on any atom is 0.256 e. The number of carbonyl (C=O) groups is 1. The summed E-state index contributed by atoms with van der Waals surface area (Å²) in [7, 11) is 0. The van der Waals surface area contributed by atoms with Crippen LogP contribution in [0, 0.1) is 6.92 Å². The molecule has 0 unspecified atom stereocenters. The smallest absolute Gasteiger partial charge is 0.256 e. The molecule has 1 fully saturated rings. The predicted molar refractivity (Wildman–Crippen MR) is 128 cm³/mol. The van der Waals surface area contributed by atoms with Gasteiger partial charge in [-0.05, 0) is 50.1 Å². The Balaban J connectivity index is 1.45. The number of carbonyl (C=O) groups excluding carboxylic acids is 1. The summed E-state index contributed by atoms with van der Waals surface area (Å²) in [6.07, 6.45) is 7.31. The fraction of sp³-hybridized carbons (Fsp3) is 0.269. The maximum atomic E-state index is 13.9. The van der Waals surface area contributed by atoms with Crippen molar-refractivity contribution in [3.05, 3.63) is 90.0 Å². The summed E-state index contributed by atoms with van der Waals surface area (Å²) < 4.78 is 5.97. The van der Waals surface area contributed by atoms with Gasteiger partial charge in [-0.1, -0.05) is 29.8 Å². The summed E-state index contributed by atoms with van der Waals surface area (Å²) in [5.74, 6) is 0.639. The summed E-state index contributed by atoms with van der Waals surface area (Å²) in [6, 6.07) is 15.6. The second-order valence-corrected chi connectivity index (χ2v) is 8.57. The van der Waals surface area contributed by atoms with E-state index < -0.39 is 0 Å². The summed E-state index contributed by atoms with van der Waals surface area (Å²) >= 11 is 0. The SMILES string of the molecule is Cc1ccc(-n2nccn2)c(C(=O)N2C[C@@H](C)OC[C@H]2Cc2cccc(-c3ncccn3)c2)c1. The topological polar surface area (TPSA) is 86.0 Å². The Labute approximate surface area is 198 Å². The third-order valence-electron chi connectivity index (χ3n) is 5.97. The lowest BCUT2D eigenvalue weighted by Crippen LogP contribution is -2.52. The lowest BCUT2D eigenvalue weighted by molar-refractivity contribution is -0.0434. The van der Waals surface area contributed by atoms with Gasteiger partial charge in [-0.25, -0.2) is 9.97 Å². The van der Waals surface area contributed by atoms with Crippen molar-refractivity contribution in [1.82, 2.24) is 29.9 Å². The van der Waals surface area contributed by atoms with Crippen LogP contribution >= 0.6 is 0 Å². The maximum absolute atomic E-state index is 13.9. The van der Waals surface area contributed by atoms with Crippen molar-refractivity contribution in [2.24, 2.45) is 0 Å². The Bertz CT molecular complexity index is 1280. The van der Waals surface area contributed by atoms with Crippen molar-refractivity contribution in [3.63, 3.8) is 0 Å². The zero-order chi connectivity index (χ0) is 23.5. The normalized spacial score (nSPS) is 18.1. The summed E-state index contributed by atoms with van der Waals surface area (Å²) in [6.45, 7) is 4.97. The third kappa shape index (κ3) is 4.58. The highest BCUT2D eigenvalue weighted by Gasteiger charge is 2.32. The van der Waals surface area contributed by atoms with Crippen molar-refractivity contribution in [3.8, 4) is 17.1 Å². The van der Waals surface area contributed by atoms with E-state index in [0.717, 1.165) is 16.7 Å². The average molecular weight is 455 g/mol. The molecule has 5 rings (SSSR count). The molecule has 1 aliphatic heterocycles. The van der Waals surface area contributed by atoms with Crippen LogP contribution in [-0.4, -0.2) is 61.1 Å². The Kier molecular flexibility index (Phi) is 6.14. The largest absolute Gasteiger partial charge is 0.375 e. The number of benzene rings is 2. The molecular weight excluding hydrogens is 428 g/mol. The van der Waals surface area contributed by atoms with E-state index in [2.05, 4.69) is 32.3 Å². The molecule has 8 nitrogen and oxygen atoms in total. The molecule has 0 saturated carbocycles. The van der Waals surface area contributed by atoms with Crippen LogP contribution in [-0.2, 0) is 11.2 Å². The van der Waals surface area contributed by atoms with E-state index in [1.54, 1.807) is 30.9 Å². The molecule has 0 radical (unpaired) electrons. The lowest BCUT2D eigenvalue weighted by atomic mass is 9.99. The van der Waals surface area contributed by atoms with Crippen molar-refractivity contribution >= 4 is 5.91 Å². The number of hydrogen-bond acceptors (Lipinski definition) is 6. The quantitative estimate of drug-likeness (QED) is 0.459. The fourth-order valence-corrected chi connectivity index (χ4v) is 4.31. The molecule has 2 aromatic carbocycles. The lowest BCUT2D eigenvalue weighted by Gasteiger charge is -2.39. The second kappa shape index (κ2) is 9.52. The highest BCUT2D eigenvalue weighted by Crippen LogP contribution is 2.24. The van der Waals surface area contributed by atoms with Crippen molar-refractivity contribution in [2.75, 3.05) is 13.2 Å². The molecule has 0 N–H and O–H groups in total. The number of morpholine rings is 1. The van der Waals surface area contributed by atoms with Crippen LogP contribution in [0.2, 0.25) is 0 Å². The number of hydrogen-bond donors (Lipinski definition) is 0. The van der Waals surface area contributed by atoms with Crippen molar-refractivity contribution in [2.45, 2.75) is 32.4 Å². The molecule has 2 aromatic heterocycles. The van der Waals surface area contributed by atoms with E-state index in [1.807, 2.05) is 49.1 Å². The number of ether oxygens (including phenoxy) is 1. The summed E-state index contributed by atoms with van der Waals surface area (Å²) in [5, 5.41) is 8.49. The molecule has 0 bridgehead atoms. The van der Waals surface area contributed by atoms with E-state index >= 15 is 0 Å². The number of nitrogens with zero attached hydrogens (tertiary/aromatic N) is 6. The van der Waals surface area contributed by atoms with Crippen molar-refractivity contribution in [1.29, 1.82) is 0 Å². The standard InChI is InChI=1S/C26H26N6O2/c1-18-7-8-24(32-29-11-12-30-32)23(13-18)26(33)31-16-19(2)34-17-22(31)15-20-5-3-6-21(14-20)25-27-9-4-10-28-25/h3-14,19,22H,15-17H2,1-2H3/t19-,22-/m1/s1. The van der Waals surface area contributed by atoms with Gasteiger partial charge in [0.05, 0.1) is 42.4 Å². The first-order valence-electron chi connectivity index (χ1n) is 11.3. The van der Waals surface area contributed by atoms with E-state index in [-0.39, 0.29) is 18.1 Å². The Morgan fingerprint density at radius 1 is 1.03 bits per heavy atom. The number of aromatic nitrogens is 5. The zero-order valence-corrected chi connectivity index (χ0v) is 19.2. The van der Waals surface area contributed by atoms with Crippen LogP contribution in [0.1, 0.15) is 28.4 Å². The molecule has 8 heteroatoms. The Hall–Kier alpha value is -3.91. The van der Waals surface area contributed by atoms with Gasteiger partial charge in [-0.15, -0.1) is 0 Å². The minimum Gasteiger partial charge on any atom is -0.375 e. The molecular formula is C26H26N6O2. The highest BCUT2D eigenvalue weighted by molar-refractivity contribution is 5.98. The van der Waals surface area contributed by atoms with E-state index in [1.165, 1.54) is 4.80 Å². The number of rotatable bonds is 5. The molecule has 4 aromatic rings. The first kappa shape index (κ1) is 21.9. The van der Waals surface area contributed by atoms with Gasteiger partial charge in [0, 0.05) is 24.5 Å². The van der Waals surface area contributed by atoms with Crippen LogP contribution in [0.4, 0.5) is 0 Å². The van der Waals surface area contributed by atoms with Gasteiger partial charge in [0.15, 0.2) is 5.82 Å². The van der Waals surface area contributed by atoms with Gasteiger partial charge in [0.2, 0.25) is 0 Å². The van der Waals surface area contributed by atoms with Crippen LogP contribution < -0.4 is 0 Å². The van der Waals surface area contributed by atoms with Gasteiger partial charge >= 0.3 is 0 Å². The molecule has 1 saturated heterocycles. The second-order valence-electron chi connectivity index (χ2n) is 8.57. The van der Waals surface area contributed by atoms with E-state index in [4.69, 9.17) is 4.74 Å². The van der Waals surface area contributed by atoms with E-state index in [0.29, 0.717) is 36.6 Å². The molecule has 1 amide bonds. The monoisotopic (exact) mass is 454 g/mol. The summed E-state index contributed by atoms with van der Waals surface area (Å²) in [4.78, 5) is 26.0. The fourth-order valence-electron chi connectivity index (χ4n) is 4.31. The minimum atomic E-state index is -0.102. The molecule has 2 atom stereocenters. The zero-order valence-electron chi connectivity index (χ0n) is 19.2. The van der Waals surface area contributed by atoms with Gasteiger partial charge < -0.3 is 9.64 Å². The van der Waals surface area contributed by atoms with Crippen LogP contribution in [0.3, 0.4) is 0 Å². The summed E-state index contributed by atoms with van der Waals surface area (Å²) in [5.41, 5.74) is 4.31. The van der Waals surface area contributed by atoms with Gasteiger partial charge in [-0.3, -0.25) is 4.79 Å². The average Bonchev–Trinajstić information content (AvgIpc) is 3.40. The predicted octanol–water partition coefficient (Wildman–Crippen LogP) is 3.50. The third-order valence-corrected chi connectivity index (χ3v) is 5.97. The van der Waals surface area contributed by atoms with Crippen LogP contribution in [0.25, 0.3) is 17.1 Å². The first-order chi connectivity index (χ1) is 16.6. The molecule has 34 heavy (non-hydrogen) atoms. The van der Waals surface area contributed by atoms with Crippen molar-refractivity contribution < 1.29 is 9.53 Å². The molecule has 1 aliphatic rings. The molecule has 172 valence electrons. The van der Waals surface area contributed by atoms with Crippen LogP contribution in [0.5, 0.6) is 0 Å². The Morgan fingerprint density at radius 3 is 2.62 bits per heavy atom. The molecule has 3 heterocycles. The van der Waals surface area contributed by atoms with E-state index in [9.17, 15) is 4.79 Å². The molecule has 0 aliphatic carbocycles. The number of aryl methyl sites for hydroxylation is 1. The minimum absolute atomic E-state index is 0.0414. The first-order valence-corrected chi connectivity index (χ1v) is 11.3.